The van der Waals surface area contributed by atoms with Crippen LogP contribution in [0.1, 0.15) is 16.8 Å². The summed E-state index contributed by atoms with van der Waals surface area (Å²) in [6, 6.07) is 8.58. The SMILES string of the molecule is O=C(CCNC(=O)c1ccccc1)NC(CO)(CO)CO. The number of hydrogen-bond acceptors (Lipinski definition) is 5. The van der Waals surface area contributed by atoms with Crippen LogP contribution in [0.4, 0.5) is 0 Å². The molecule has 0 saturated heterocycles. The number of aliphatic hydroxyl groups is 3. The van der Waals surface area contributed by atoms with Crippen molar-refractivity contribution < 1.29 is 24.9 Å². The monoisotopic (exact) mass is 296 g/mol. The smallest absolute Gasteiger partial charge is 0.251 e. The molecule has 0 atom stereocenters. The molecule has 0 aromatic heterocycles. The van der Waals surface area contributed by atoms with Gasteiger partial charge in [0.2, 0.25) is 5.91 Å². The Kier molecular flexibility index (Phi) is 6.80. The first-order chi connectivity index (χ1) is 10.1. The molecule has 1 aromatic carbocycles. The van der Waals surface area contributed by atoms with Crippen LogP contribution in [-0.2, 0) is 4.79 Å². The largest absolute Gasteiger partial charge is 0.394 e. The highest BCUT2D eigenvalue weighted by molar-refractivity contribution is 5.94. The van der Waals surface area contributed by atoms with Gasteiger partial charge in [0, 0.05) is 18.5 Å². The number of benzene rings is 1. The molecule has 0 aliphatic carbocycles. The van der Waals surface area contributed by atoms with Gasteiger partial charge in [-0.3, -0.25) is 9.59 Å². The first-order valence-electron chi connectivity index (χ1n) is 6.54. The summed E-state index contributed by atoms with van der Waals surface area (Å²) < 4.78 is 0. The standard InChI is InChI=1S/C14H20N2O5/c17-8-14(9-18,10-19)16-12(20)6-7-15-13(21)11-4-2-1-3-5-11/h1-5,17-19H,6-10H2,(H,15,21)(H,16,20). The summed E-state index contributed by atoms with van der Waals surface area (Å²) in [4.78, 5) is 23.4. The Hall–Kier alpha value is -1.96. The molecule has 0 aliphatic heterocycles. The van der Waals surface area contributed by atoms with Crippen LogP contribution < -0.4 is 10.6 Å². The molecule has 2 amide bonds. The summed E-state index contributed by atoms with van der Waals surface area (Å²) in [5, 5.41) is 32.2. The molecule has 0 bridgehead atoms. The van der Waals surface area contributed by atoms with E-state index in [2.05, 4.69) is 10.6 Å². The summed E-state index contributed by atoms with van der Waals surface area (Å²) in [6.07, 6.45) is -0.0275. The molecule has 0 spiro atoms. The van der Waals surface area contributed by atoms with Crippen molar-refractivity contribution in [2.75, 3.05) is 26.4 Å². The number of carbonyl (C=O) groups is 2. The van der Waals surface area contributed by atoms with E-state index in [9.17, 15) is 9.59 Å². The quantitative estimate of drug-likeness (QED) is 0.406. The lowest BCUT2D eigenvalue weighted by molar-refractivity contribution is -0.125. The van der Waals surface area contributed by atoms with E-state index >= 15 is 0 Å². The Morgan fingerprint density at radius 3 is 2.10 bits per heavy atom. The van der Waals surface area contributed by atoms with Gasteiger partial charge in [-0.2, -0.15) is 0 Å². The highest BCUT2D eigenvalue weighted by atomic mass is 16.3. The molecule has 5 N–H and O–H groups in total. The van der Waals surface area contributed by atoms with Crippen LogP contribution in [0.5, 0.6) is 0 Å². The lowest BCUT2D eigenvalue weighted by Gasteiger charge is -2.28. The first kappa shape index (κ1) is 17.1. The Balaban J connectivity index is 2.39. The minimum absolute atomic E-state index is 0.0275. The van der Waals surface area contributed by atoms with E-state index in [1.165, 1.54) is 0 Å². The van der Waals surface area contributed by atoms with Gasteiger partial charge in [0.25, 0.3) is 5.91 Å². The summed E-state index contributed by atoms with van der Waals surface area (Å²) >= 11 is 0. The van der Waals surface area contributed by atoms with E-state index in [1.54, 1.807) is 30.3 Å². The van der Waals surface area contributed by atoms with E-state index < -0.39 is 31.3 Å². The number of nitrogens with one attached hydrogen (secondary N) is 2. The van der Waals surface area contributed by atoms with Crippen molar-refractivity contribution in [1.29, 1.82) is 0 Å². The third kappa shape index (κ3) is 5.14. The molecule has 1 rings (SSSR count). The van der Waals surface area contributed by atoms with Crippen molar-refractivity contribution in [1.82, 2.24) is 10.6 Å². The fourth-order valence-corrected chi connectivity index (χ4v) is 1.61. The van der Waals surface area contributed by atoms with Crippen LogP contribution in [0.25, 0.3) is 0 Å². The number of amides is 2. The third-order valence-corrected chi connectivity index (χ3v) is 2.99. The van der Waals surface area contributed by atoms with Gasteiger partial charge in [0.05, 0.1) is 19.8 Å². The average molecular weight is 296 g/mol. The molecule has 116 valence electrons. The van der Waals surface area contributed by atoms with E-state index in [0.717, 1.165) is 0 Å². The molecule has 0 saturated carbocycles. The maximum absolute atomic E-state index is 11.7. The van der Waals surface area contributed by atoms with Crippen LogP contribution in [-0.4, -0.2) is 59.0 Å². The van der Waals surface area contributed by atoms with Crippen LogP contribution in [0, 0.1) is 0 Å². The van der Waals surface area contributed by atoms with Gasteiger partial charge in [-0.25, -0.2) is 0 Å². The van der Waals surface area contributed by atoms with Crippen molar-refractivity contribution in [2.24, 2.45) is 0 Å². The van der Waals surface area contributed by atoms with Crippen LogP contribution in [0.2, 0.25) is 0 Å². The minimum atomic E-state index is -1.44. The maximum atomic E-state index is 11.7. The van der Waals surface area contributed by atoms with Gasteiger partial charge < -0.3 is 26.0 Å². The second-order valence-electron chi connectivity index (χ2n) is 4.67. The summed E-state index contributed by atoms with van der Waals surface area (Å²) in [5.41, 5.74) is -0.950. The molecule has 0 aliphatic rings. The van der Waals surface area contributed by atoms with Gasteiger partial charge in [-0.05, 0) is 12.1 Å². The number of rotatable bonds is 8. The molecular weight excluding hydrogens is 276 g/mol. The first-order valence-corrected chi connectivity index (χ1v) is 6.54. The fraction of sp³-hybridized carbons (Fsp3) is 0.429. The average Bonchev–Trinajstić information content (AvgIpc) is 2.53. The summed E-state index contributed by atoms with van der Waals surface area (Å²) in [6.45, 7) is -1.63. The second-order valence-corrected chi connectivity index (χ2v) is 4.67. The number of hydrogen-bond donors (Lipinski definition) is 5. The summed E-state index contributed by atoms with van der Waals surface area (Å²) in [5.74, 6) is -0.776. The van der Waals surface area contributed by atoms with E-state index in [0.29, 0.717) is 5.56 Å². The molecule has 0 fully saturated rings. The zero-order chi connectivity index (χ0) is 15.7. The maximum Gasteiger partial charge on any atom is 0.251 e. The predicted molar refractivity (Wildman–Crippen MR) is 75.5 cm³/mol. The van der Waals surface area contributed by atoms with Crippen molar-refractivity contribution in [3.8, 4) is 0 Å². The van der Waals surface area contributed by atoms with Crippen molar-refractivity contribution in [3.63, 3.8) is 0 Å². The lowest BCUT2D eigenvalue weighted by atomic mass is 10.0. The zero-order valence-electron chi connectivity index (χ0n) is 11.6. The van der Waals surface area contributed by atoms with Crippen LogP contribution >= 0.6 is 0 Å². The number of carbonyl (C=O) groups excluding carboxylic acids is 2. The molecule has 0 radical (unpaired) electrons. The highest BCUT2D eigenvalue weighted by Crippen LogP contribution is 2.02. The normalized spacial score (nSPS) is 11.0. The number of aliphatic hydroxyl groups excluding tert-OH is 3. The third-order valence-electron chi connectivity index (χ3n) is 2.99. The second kappa shape index (κ2) is 8.35. The van der Waals surface area contributed by atoms with Crippen molar-refractivity contribution in [3.05, 3.63) is 35.9 Å². The predicted octanol–water partition coefficient (Wildman–Crippen LogP) is -1.36. The topological polar surface area (TPSA) is 119 Å². The van der Waals surface area contributed by atoms with Crippen molar-refractivity contribution in [2.45, 2.75) is 12.0 Å². The molecule has 0 unspecified atom stereocenters. The molecule has 7 nitrogen and oxygen atoms in total. The summed E-state index contributed by atoms with van der Waals surface area (Å²) in [7, 11) is 0. The minimum Gasteiger partial charge on any atom is -0.394 e. The van der Waals surface area contributed by atoms with Gasteiger partial charge >= 0.3 is 0 Å². The lowest BCUT2D eigenvalue weighted by Crippen LogP contribution is -2.57. The molecule has 7 heteroatoms. The van der Waals surface area contributed by atoms with Gasteiger partial charge in [-0.15, -0.1) is 0 Å². The van der Waals surface area contributed by atoms with Gasteiger partial charge in [0.1, 0.15) is 5.54 Å². The molecule has 21 heavy (non-hydrogen) atoms. The van der Waals surface area contributed by atoms with E-state index in [-0.39, 0.29) is 18.9 Å². The zero-order valence-corrected chi connectivity index (χ0v) is 11.6. The Morgan fingerprint density at radius 2 is 1.57 bits per heavy atom. The van der Waals surface area contributed by atoms with E-state index in [4.69, 9.17) is 15.3 Å². The molecule has 1 aromatic rings. The van der Waals surface area contributed by atoms with E-state index in [1.807, 2.05) is 0 Å². The van der Waals surface area contributed by atoms with Crippen LogP contribution in [0.3, 0.4) is 0 Å². The Morgan fingerprint density at radius 1 is 1.00 bits per heavy atom. The van der Waals surface area contributed by atoms with Crippen molar-refractivity contribution >= 4 is 11.8 Å². The molecule has 0 heterocycles. The van der Waals surface area contributed by atoms with Crippen LogP contribution in [0.15, 0.2) is 30.3 Å². The highest BCUT2D eigenvalue weighted by Gasteiger charge is 2.29. The fourth-order valence-electron chi connectivity index (χ4n) is 1.61. The van der Waals surface area contributed by atoms with Gasteiger partial charge in [-0.1, -0.05) is 18.2 Å². The molecular formula is C14H20N2O5. The van der Waals surface area contributed by atoms with Gasteiger partial charge in [0.15, 0.2) is 0 Å². The Labute approximate surface area is 122 Å². The Bertz CT molecular complexity index is 451.